The van der Waals surface area contributed by atoms with Crippen molar-refractivity contribution in [3.8, 4) is 0 Å². The molecule has 0 bridgehead atoms. The second-order valence-electron chi connectivity index (χ2n) is 7.93. The number of nitrogens with one attached hydrogen (secondary N) is 2. The molecule has 0 atom stereocenters. The molecule has 6 heteroatoms. The van der Waals surface area contributed by atoms with Crippen molar-refractivity contribution >= 4 is 23.8 Å². The van der Waals surface area contributed by atoms with E-state index in [1.54, 1.807) is 11.8 Å². The smallest absolute Gasteiger partial charge is 0.413 e. The summed E-state index contributed by atoms with van der Waals surface area (Å²) in [6.45, 7) is 4.18. The molecule has 0 heterocycles. The van der Waals surface area contributed by atoms with Crippen LogP contribution in [0.5, 0.6) is 0 Å². The average molecular weight is 489 g/mol. The predicted molar refractivity (Wildman–Crippen MR) is 143 cm³/mol. The molecule has 3 rings (SSSR count). The van der Waals surface area contributed by atoms with Gasteiger partial charge in [0.05, 0.1) is 22.9 Å². The fourth-order valence-electron chi connectivity index (χ4n) is 3.73. The van der Waals surface area contributed by atoms with E-state index in [1.165, 1.54) is 0 Å². The van der Waals surface area contributed by atoms with Crippen molar-refractivity contribution in [1.29, 1.82) is 0 Å². The van der Waals surface area contributed by atoms with E-state index in [0.29, 0.717) is 6.61 Å². The molecule has 0 aliphatic rings. The molecule has 2 amide bonds. The summed E-state index contributed by atoms with van der Waals surface area (Å²) < 4.78 is 4.46. The molecule has 0 radical (unpaired) electrons. The highest BCUT2D eigenvalue weighted by atomic mass is 32.2. The van der Waals surface area contributed by atoms with Gasteiger partial charge in [-0.2, -0.15) is 0 Å². The molecule has 0 saturated carbocycles. The van der Waals surface area contributed by atoms with Gasteiger partial charge in [0.25, 0.3) is 0 Å². The minimum absolute atomic E-state index is 0.0516. The number of hydrogen-bond donors (Lipinski definition) is 2. The van der Waals surface area contributed by atoms with Gasteiger partial charge in [-0.05, 0) is 30.0 Å². The maximum absolute atomic E-state index is 12.4. The lowest BCUT2D eigenvalue weighted by molar-refractivity contribution is -0.119. The van der Waals surface area contributed by atoms with Crippen molar-refractivity contribution in [2.24, 2.45) is 0 Å². The van der Waals surface area contributed by atoms with Crippen molar-refractivity contribution in [2.75, 3.05) is 13.2 Å². The zero-order valence-electron chi connectivity index (χ0n) is 20.2. The lowest BCUT2D eigenvalue weighted by Gasteiger charge is -2.36. The Morgan fingerprint density at radius 1 is 0.857 bits per heavy atom. The van der Waals surface area contributed by atoms with E-state index in [9.17, 15) is 9.59 Å². The fraction of sp³-hybridized carbons (Fsp3) is 0.241. The lowest BCUT2D eigenvalue weighted by Crippen LogP contribution is -2.38. The molecule has 0 saturated heterocycles. The van der Waals surface area contributed by atoms with Gasteiger partial charge in [0.1, 0.15) is 0 Å². The van der Waals surface area contributed by atoms with E-state index < -0.39 is 16.7 Å². The van der Waals surface area contributed by atoms with Gasteiger partial charge in [-0.25, -0.2) is 4.79 Å². The summed E-state index contributed by atoms with van der Waals surface area (Å²) in [6, 6.07) is 31.0. The third kappa shape index (κ3) is 6.99. The maximum Gasteiger partial charge on any atom is 0.413 e. The lowest BCUT2D eigenvalue weighted by atomic mass is 9.84. The molecule has 0 unspecified atom stereocenters. The minimum Gasteiger partial charge on any atom is -0.449 e. The largest absolute Gasteiger partial charge is 0.449 e. The number of hydrogen-bond acceptors (Lipinski definition) is 5. The van der Waals surface area contributed by atoms with Crippen LogP contribution in [0, 0.1) is 0 Å². The van der Waals surface area contributed by atoms with Gasteiger partial charge < -0.3 is 10.1 Å². The van der Waals surface area contributed by atoms with Crippen LogP contribution in [0.25, 0.3) is 0 Å². The van der Waals surface area contributed by atoms with Crippen molar-refractivity contribution in [3.05, 3.63) is 119 Å². The Bertz CT molecular complexity index is 1010. The van der Waals surface area contributed by atoms with E-state index in [0.717, 1.165) is 34.6 Å². The third-order valence-electron chi connectivity index (χ3n) is 5.46. The summed E-state index contributed by atoms with van der Waals surface area (Å²) in [4.78, 5) is 24.2. The summed E-state index contributed by atoms with van der Waals surface area (Å²) in [6.07, 6.45) is 2.91. The molecule has 0 aliphatic heterocycles. The third-order valence-corrected chi connectivity index (χ3v) is 7.08. The Kier molecular flexibility index (Phi) is 9.99. The number of amides is 2. The summed E-state index contributed by atoms with van der Waals surface area (Å²) in [5, 5.41) is 6.30. The highest BCUT2D eigenvalue weighted by Gasteiger charge is 2.38. The number of unbranched alkanes of at least 4 members (excludes halogenated alkanes) is 1. The van der Waals surface area contributed by atoms with E-state index in [4.69, 9.17) is 4.74 Å². The predicted octanol–water partition coefficient (Wildman–Crippen LogP) is 6.22. The van der Waals surface area contributed by atoms with Crippen LogP contribution < -0.4 is 10.6 Å². The van der Waals surface area contributed by atoms with E-state index in [2.05, 4.69) is 47.0 Å². The number of benzene rings is 3. The number of thioether (sulfide) groups is 1. The van der Waals surface area contributed by atoms with Crippen LogP contribution >= 0.6 is 11.8 Å². The summed E-state index contributed by atoms with van der Waals surface area (Å²) in [5.41, 5.74) is 3.35. The maximum atomic E-state index is 12.4. The quantitative estimate of drug-likeness (QED) is 0.248. The van der Waals surface area contributed by atoms with Gasteiger partial charge in [-0.15, -0.1) is 0 Å². The first-order valence-electron chi connectivity index (χ1n) is 11.8. The first-order valence-corrected chi connectivity index (χ1v) is 12.6. The Morgan fingerprint density at radius 2 is 1.34 bits per heavy atom. The number of alkyl carbamates (subject to hydrolysis) is 1. The first kappa shape index (κ1) is 26.1. The number of ether oxygens (including phenoxy) is 1. The molecule has 182 valence electrons. The van der Waals surface area contributed by atoms with Crippen molar-refractivity contribution in [1.82, 2.24) is 10.6 Å². The molecule has 0 spiro atoms. The monoisotopic (exact) mass is 488 g/mol. The van der Waals surface area contributed by atoms with Gasteiger partial charge in [0.2, 0.25) is 5.91 Å². The van der Waals surface area contributed by atoms with Crippen LogP contribution in [0.1, 0.15) is 43.4 Å². The zero-order valence-corrected chi connectivity index (χ0v) is 21.0. The number of carbonyl (C=O) groups is 2. The zero-order chi connectivity index (χ0) is 24.9. The summed E-state index contributed by atoms with van der Waals surface area (Å²) >= 11 is 1.63. The van der Waals surface area contributed by atoms with Gasteiger partial charge in [-0.3, -0.25) is 10.1 Å². The molecule has 0 aromatic heterocycles. The van der Waals surface area contributed by atoms with Crippen LogP contribution in [0.2, 0.25) is 0 Å². The Morgan fingerprint density at radius 3 is 1.77 bits per heavy atom. The van der Waals surface area contributed by atoms with Crippen LogP contribution in [-0.4, -0.2) is 25.2 Å². The normalized spacial score (nSPS) is 11.5. The van der Waals surface area contributed by atoms with Crippen molar-refractivity contribution in [3.63, 3.8) is 0 Å². The molecule has 35 heavy (non-hydrogen) atoms. The van der Waals surface area contributed by atoms with E-state index in [-0.39, 0.29) is 6.54 Å². The summed E-state index contributed by atoms with van der Waals surface area (Å²) in [5.74, 6) is -0.448. The van der Waals surface area contributed by atoms with Crippen LogP contribution in [-0.2, 0) is 14.3 Å². The molecule has 2 N–H and O–H groups in total. The molecule has 0 aliphatic carbocycles. The van der Waals surface area contributed by atoms with Gasteiger partial charge in [0.15, 0.2) is 0 Å². The molecular formula is C29H32N2O3S. The molecular weight excluding hydrogens is 456 g/mol. The second kappa shape index (κ2) is 13.4. The fourth-order valence-corrected chi connectivity index (χ4v) is 5.08. The number of allylic oxidation sites excluding steroid dienone is 1. The minimum atomic E-state index is -0.716. The summed E-state index contributed by atoms with van der Waals surface area (Å²) in [7, 11) is 0. The SMILES string of the molecule is C/C=C(/NCC(=O)NC(=O)OCCCC)SC(c1ccccc1)(c1ccccc1)c1ccccc1. The van der Waals surface area contributed by atoms with Gasteiger partial charge in [0, 0.05) is 0 Å². The molecule has 0 fully saturated rings. The average Bonchev–Trinajstić information content (AvgIpc) is 2.91. The van der Waals surface area contributed by atoms with Crippen molar-refractivity contribution < 1.29 is 14.3 Å². The highest BCUT2D eigenvalue weighted by molar-refractivity contribution is 8.04. The first-order chi connectivity index (χ1) is 17.1. The molecule has 3 aromatic rings. The van der Waals surface area contributed by atoms with Crippen molar-refractivity contribution in [2.45, 2.75) is 31.4 Å². The van der Waals surface area contributed by atoms with Gasteiger partial charge in [-0.1, -0.05) is 122 Å². The Labute approximate surface area is 212 Å². The number of carbonyl (C=O) groups excluding carboxylic acids is 2. The highest BCUT2D eigenvalue weighted by Crippen LogP contribution is 2.50. The molecule has 5 nitrogen and oxygen atoms in total. The van der Waals surface area contributed by atoms with Crippen LogP contribution in [0.15, 0.2) is 102 Å². The second-order valence-corrected chi connectivity index (χ2v) is 9.18. The number of imide groups is 1. The standard InChI is InChI=1S/C29H32N2O3S/c1-3-5-21-34-28(33)31-26(32)22-30-27(4-2)35-29(23-15-9-6-10-16-23,24-17-11-7-12-18-24)25-19-13-8-14-20-25/h4,6-20,30H,3,5,21-22H2,1-2H3,(H,31,32,33)/b27-4-. The Hall–Kier alpha value is -3.51. The van der Waals surface area contributed by atoms with E-state index in [1.807, 2.05) is 74.5 Å². The Balaban J connectivity index is 1.87. The van der Waals surface area contributed by atoms with Crippen LogP contribution in [0.4, 0.5) is 4.79 Å². The van der Waals surface area contributed by atoms with E-state index >= 15 is 0 Å². The topological polar surface area (TPSA) is 67.4 Å². The molecule has 3 aromatic carbocycles. The number of rotatable bonds is 11. The van der Waals surface area contributed by atoms with Gasteiger partial charge >= 0.3 is 6.09 Å². The van der Waals surface area contributed by atoms with Crippen LogP contribution in [0.3, 0.4) is 0 Å².